The molecule has 1 heterocycles. The maximum atomic E-state index is 12.6. The monoisotopic (exact) mass is 450 g/mol. The molecule has 1 aliphatic heterocycles. The lowest BCUT2D eigenvalue weighted by Gasteiger charge is -2.32. The standard InChI is InChI=1S/C19H18N2O7S2/c1-14-7-9-16(10-8-14)27-30(26)28-29(25)12-11-20-17(22)13-18(23)21(19(20)24)15-5-3-2-4-6-15/h2-10H,11-13H2,1H3. The molecule has 0 radical (unpaired) electrons. The van der Waals surface area contributed by atoms with E-state index in [-0.39, 0.29) is 18.0 Å². The lowest BCUT2D eigenvalue weighted by atomic mass is 10.2. The summed E-state index contributed by atoms with van der Waals surface area (Å²) < 4.78 is 33.7. The molecule has 0 bridgehead atoms. The maximum absolute atomic E-state index is 12.6. The first-order valence-electron chi connectivity index (χ1n) is 8.81. The number of carbonyl (C=O) groups is 3. The van der Waals surface area contributed by atoms with Crippen LogP contribution in [-0.4, -0.2) is 43.5 Å². The lowest BCUT2D eigenvalue weighted by molar-refractivity contribution is -0.134. The zero-order chi connectivity index (χ0) is 21.7. The quantitative estimate of drug-likeness (QED) is 0.566. The van der Waals surface area contributed by atoms with Crippen LogP contribution in [0.3, 0.4) is 0 Å². The number of nitrogens with zero attached hydrogens (tertiary/aromatic N) is 2. The van der Waals surface area contributed by atoms with Gasteiger partial charge in [0.25, 0.3) is 0 Å². The second-order valence-corrected chi connectivity index (χ2v) is 8.38. The van der Waals surface area contributed by atoms with Crippen LogP contribution < -0.4 is 9.08 Å². The van der Waals surface area contributed by atoms with Crippen LogP contribution in [0.1, 0.15) is 12.0 Å². The van der Waals surface area contributed by atoms with Gasteiger partial charge in [0.05, 0.1) is 11.4 Å². The molecular weight excluding hydrogens is 432 g/mol. The number of hydrogen-bond acceptors (Lipinski definition) is 7. The fraction of sp³-hybridized carbons (Fsp3) is 0.211. The number of hydrogen-bond donors (Lipinski definition) is 0. The first kappa shape index (κ1) is 21.8. The predicted octanol–water partition coefficient (Wildman–Crippen LogP) is 2.02. The van der Waals surface area contributed by atoms with Crippen LogP contribution in [0.2, 0.25) is 0 Å². The smallest absolute Gasteiger partial charge is 0.374 e. The summed E-state index contributed by atoms with van der Waals surface area (Å²) >= 11 is -4.43. The molecule has 0 saturated carbocycles. The molecule has 1 fully saturated rings. The van der Waals surface area contributed by atoms with Gasteiger partial charge in [0.1, 0.15) is 12.2 Å². The number of anilines is 1. The van der Waals surface area contributed by atoms with E-state index in [1.165, 1.54) is 0 Å². The van der Waals surface area contributed by atoms with E-state index < -0.39 is 46.7 Å². The van der Waals surface area contributed by atoms with Crippen molar-refractivity contribution in [2.24, 2.45) is 0 Å². The highest BCUT2D eigenvalue weighted by Gasteiger charge is 2.38. The zero-order valence-electron chi connectivity index (χ0n) is 15.9. The minimum atomic E-state index is -2.33. The number of benzene rings is 2. The number of carbonyl (C=O) groups excluding carboxylic acids is 3. The van der Waals surface area contributed by atoms with Gasteiger partial charge in [0, 0.05) is 6.54 Å². The minimum absolute atomic E-state index is 0.273. The largest absolute Gasteiger partial charge is 0.379 e. The predicted molar refractivity (Wildman–Crippen MR) is 110 cm³/mol. The molecule has 1 saturated heterocycles. The van der Waals surface area contributed by atoms with Crippen LogP contribution in [0.25, 0.3) is 0 Å². The average molecular weight is 450 g/mol. The molecule has 9 nitrogen and oxygen atoms in total. The van der Waals surface area contributed by atoms with Gasteiger partial charge in [-0.15, -0.1) is 0 Å². The second kappa shape index (κ2) is 9.74. The molecule has 2 aromatic rings. The highest BCUT2D eigenvalue weighted by atomic mass is 32.3. The Balaban J connectivity index is 1.57. The fourth-order valence-electron chi connectivity index (χ4n) is 2.64. The van der Waals surface area contributed by atoms with E-state index in [2.05, 4.69) is 0 Å². The summed E-state index contributed by atoms with van der Waals surface area (Å²) in [7, 11) is 0. The van der Waals surface area contributed by atoms with Gasteiger partial charge in [0.15, 0.2) is 11.1 Å². The van der Waals surface area contributed by atoms with Gasteiger partial charge >= 0.3 is 17.4 Å². The molecule has 0 spiro atoms. The number of urea groups is 1. The molecule has 3 rings (SSSR count). The summed E-state index contributed by atoms with van der Waals surface area (Å²) in [6.07, 6.45) is -0.489. The Morgan fingerprint density at radius 1 is 0.933 bits per heavy atom. The third-order valence-electron chi connectivity index (χ3n) is 4.09. The van der Waals surface area contributed by atoms with Crippen molar-refractivity contribution in [2.75, 3.05) is 17.2 Å². The number of barbiturate groups is 1. The second-order valence-electron chi connectivity index (χ2n) is 6.25. The van der Waals surface area contributed by atoms with Gasteiger partial charge in [-0.2, -0.15) is 7.84 Å². The number of aryl methyl sites for hydroxylation is 1. The highest BCUT2D eigenvalue weighted by molar-refractivity contribution is 7.91. The third-order valence-corrected chi connectivity index (χ3v) is 5.98. The summed E-state index contributed by atoms with van der Waals surface area (Å²) in [5.74, 6) is -1.37. The third kappa shape index (κ3) is 5.38. The summed E-state index contributed by atoms with van der Waals surface area (Å²) in [4.78, 5) is 38.6. The number of amides is 4. The van der Waals surface area contributed by atoms with Gasteiger partial charge in [-0.1, -0.05) is 35.9 Å². The summed E-state index contributed by atoms with van der Waals surface area (Å²) in [5.41, 5.74) is 1.31. The van der Waals surface area contributed by atoms with Gasteiger partial charge in [0.2, 0.25) is 11.8 Å². The number of imide groups is 2. The van der Waals surface area contributed by atoms with E-state index in [9.17, 15) is 22.8 Å². The SMILES string of the molecule is Cc1ccc(OS(=O)OS(=O)CCN2C(=O)CC(=O)N(c3ccccc3)C2=O)cc1. The Morgan fingerprint density at radius 2 is 1.60 bits per heavy atom. The average Bonchev–Trinajstić information content (AvgIpc) is 2.70. The van der Waals surface area contributed by atoms with Gasteiger partial charge < -0.3 is 4.18 Å². The molecule has 0 aliphatic carbocycles. The van der Waals surface area contributed by atoms with Crippen molar-refractivity contribution in [1.29, 1.82) is 0 Å². The van der Waals surface area contributed by atoms with Crippen LogP contribution >= 0.6 is 0 Å². The Hall–Kier alpha value is -2.89. The van der Waals surface area contributed by atoms with E-state index in [1.54, 1.807) is 54.6 Å². The van der Waals surface area contributed by atoms with E-state index in [1.807, 2.05) is 6.92 Å². The van der Waals surface area contributed by atoms with Crippen LogP contribution in [0, 0.1) is 6.92 Å². The highest BCUT2D eigenvalue weighted by Crippen LogP contribution is 2.21. The zero-order valence-corrected chi connectivity index (χ0v) is 17.5. The molecule has 4 amide bonds. The van der Waals surface area contributed by atoms with E-state index in [4.69, 9.17) is 7.81 Å². The van der Waals surface area contributed by atoms with Crippen molar-refractivity contribution in [2.45, 2.75) is 13.3 Å². The van der Waals surface area contributed by atoms with E-state index in [0.29, 0.717) is 5.69 Å². The molecule has 2 atom stereocenters. The summed E-state index contributed by atoms with van der Waals surface area (Å²) in [6, 6.07) is 14.0. The minimum Gasteiger partial charge on any atom is -0.379 e. The van der Waals surface area contributed by atoms with Crippen LogP contribution in [-0.2, 0) is 35.7 Å². The molecule has 2 unspecified atom stereocenters. The van der Waals surface area contributed by atoms with Crippen LogP contribution in [0.15, 0.2) is 54.6 Å². The van der Waals surface area contributed by atoms with Crippen molar-refractivity contribution in [1.82, 2.24) is 4.90 Å². The molecule has 158 valence electrons. The van der Waals surface area contributed by atoms with Gasteiger partial charge in [-0.05, 0) is 31.2 Å². The molecule has 0 aromatic heterocycles. The topological polar surface area (TPSA) is 110 Å². The number of para-hydroxylation sites is 1. The van der Waals surface area contributed by atoms with Crippen molar-refractivity contribution in [3.8, 4) is 5.75 Å². The molecule has 30 heavy (non-hydrogen) atoms. The molecular formula is C19H18N2O7S2. The Kier molecular flexibility index (Phi) is 7.08. The number of rotatable bonds is 8. The van der Waals surface area contributed by atoms with Crippen LogP contribution in [0.5, 0.6) is 5.75 Å². The van der Waals surface area contributed by atoms with E-state index in [0.717, 1.165) is 15.4 Å². The van der Waals surface area contributed by atoms with Crippen molar-refractivity contribution in [3.63, 3.8) is 0 Å². The molecule has 2 aromatic carbocycles. The maximum Gasteiger partial charge on any atom is 0.374 e. The Morgan fingerprint density at radius 3 is 2.27 bits per heavy atom. The molecule has 1 aliphatic rings. The van der Waals surface area contributed by atoms with E-state index >= 15 is 0 Å². The fourth-order valence-corrected chi connectivity index (χ4v) is 4.12. The van der Waals surface area contributed by atoms with Crippen molar-refractivity contribution in [3.05, 3.63) is 60.2 Å². The van der Waals surface area contributed by atoms with Gasteiger partial charge in [-0.3, -0.25) is 14.5 Å². The van der Waals surface area contributed by atoms with Crippen LogP contribution in [0.4, 0.5) is 10.5 Å². The Bertz CT molecular complexity index is 996. The summed E-state index contributed by atoms with van der Waals surface area (Å²) in [5, 5.41) is 0. The summed E-state index contributed by atoms with van der Waals surface area (Å²) in [6.45, 7) is 1.60. The Labute approximate surface area is 178 Å². The first-order valence-corrected chi connectivity index (χ1v) is 11.1. The van der Waals surface area contributed by atoms with Gasteiger partial charge in [-0.25, -0.2) is 13.9 Å². The van der Waals surface area contributed by atoms with Crippen molar-refractivity contribution < 1.29 is 30.6 Å². The molecule has 0 N–H and O–H groups in total. The first-order chi connectivity index (χ1) is 14.3. The van der Waals surface area contributed by atoms with Crippen molar-refractivity contribution >= 4 is 46.0 Å². The normalized spacial score (nSPS) is 16.5. The molecule has 11 heteroatoms. The lowest BCUT2D eigenvalue weighted by Crippen LogP contribution is -2.56.